The standard InChI is InChI=1S/C24H28BrN3O4S/c1-16-14-20(5-7-22(16)25)26-24(30)18-9-12-27(13-10-18)33(31,32)21-6-8-23-19(15-21)4-3-11-28(23)17(2)29/h5-8,14-15,18H,3-4,9-13H2,1-2H3,(H,26,30). The third kappa shape index (κ3) is 5.00. The van der Waals surface area contributed by atoms with Gasteiger partial charge in [-0.25, -0.2) is 8.42 Å². The third-order valence-corrected chi connectivity index (χ3v) is 9.22. The van der Waals surface area contributed by atoms with Gasteiger partial charge in [-0.1, -0.05) is 15.9 Å². The van der Waals surface area contributed by atoms with Crippen molar-refractivity contribution in [1.82, 2.24) is 4.31 Å². The molecule has 2 aromatic rings. The van der Waals surface area contributed by atoms with Crippen LogP contribution in [0, 0.1) is 12.8 Å². The van der Waals surface area contributed by atoms with Crippen LogP contribution in [-0.4, -0.2) is 44.2 Å². The number of nitrogens with one attached hydrogen (secondary N) is 1. The van der Waals surface area contributed by atoms with E-state index in [1.807, 2.05) is 25.1 Å². The molecule has 33 heavy (non-hydrogen) atoms. The first-order chi connectivity index (χ1) is 15.7. The highest BCUT2D eigenvalue weighted by molar-refractivity contribution is 9.10. The molecular formula is C24H28BrN3O4S. The SMILES string of the molecule is CC(=O)N1CCCc2cc(S(=O)(=O)N3CCC(C(=O)Nc4ccc(Br)c(C)c4)CC3)ccc21. The fraction of sp³-hybridized carbons (Fsp3) is 0.417. The van der Waals surface area contributed by atoms with Crippen molar-refractivity contribution in [3.05, 3.63) is 52.0 Å². The Labute approximate surface area is 203 Å². The van der Waals surface area contributed by atoms with E-state index in [0.717, 1.165) is 39.8 Å². The molecule has 0 saturated carbocycles. The van der Waals surface area contributed by atoms with E-state index in [9.17, 15) is 18.0 Å². The molecule has 0 spiro atoms. The van der Waals surface area contributed by atoms with E-state index in [1.165, 1.54) is 11.2 Å². The van der Waals surface area contributed by atoms with E-state index < -0.39 is 10.0 Å². The maximum Gasteiger partial charge on any atom is 0.243 e. The van der Waals surface area contributed by atoms with Crippen LogP contribution in [0.4, 0.5) is 11.4 Å². The minimum absolute atomic E-state index is 0.0368. The van der Waals surface area contributed by atoms with Gasteiger partial charge < -0.3 is 10.2 Å². The summed E-state index contributed by atoms with van der Waals surface area (Å²) in [6.45, 7) is 4.75. The van der Waals surface area contributed by atoms with E-state index in [-0.39, 0.29) is 22.6 Å². The van der Waals surface area contributed by atoms with Gasteiger partial charge in [0.05, 0.1) is 4.90 Å². The normalized spacial score (nSPS) is 17.5. The van der Waals surface area contributed by atoms with Gasteiger partial charge in [0.25, 0.3) is 0 Å². The molecule has 0 aliphatic carbocycles. The minimum atomic E-state index is -3.66. The molecule has 0 bridgehead atoms. The predicted octanol–water partition coefficient (Wildman–Crippen LogP) is 4.10. The highest BCUT2D eigenvalue weighted by atomic mass is 79.9. The lowest BCUT2D eigenvalue weighted by Crippen LogP contribution is -2.41. The van der Waals surface area contributed by atoms with Crippen LogP contribution in [0.2, 0.25) is 0 Å². The summed E-state index contributed by atoms with van der Waals surface area (Å²) in [6.07, 6.45) is 2.52. The van der Waals surface area contributed by atoms with Crippen molar-refractivity contribution in [2.75, 3.05) is 29.9 Å². The summed E-state index contributed by atoms with van der Waals surface area (Å²) in [5.74, 6) is -0.342. The van der Waals surface area contributed by atoms with Gasteiger partial charge in [-0.15, -0.1) is 0 Å². The Morgan fingerprint density at radius 3 is 2.45 bits per heavy atom. The number of hydrogen-bond acceptors (Lipinski definition) is 4. The molecule has 1 N–H and O–H groups in total. The second-order valence-electron chi connectivity index (χ2n) is 8.70. The summed E-state index contributed by atoms with van der Waals surface area (Å²) in [6, 6.07) is 10.7. The number of halogens is 1. The smallest absolute Gasteiger partial charge is 0.243 e. The average Bonchev–Trinajstić information content (AvgIpc) is 2.80. The lowest BCUT2D eigenvalue weighted by Gasteiger charge is -2.32. The summed E-state index contributed by atoms with van der Waals surface area (Å²) in [7, 11) is -3.66. The highest BCUT2D eigenvalue weighted by Gasteiger charge is 2.33. The lowest BCUT2D eigenvalue weighted by atomic mass is 9.97. The molecule has 1 saturated heterocycles. The number of fused-ring (bicyclic) bond motifs is 1. The third-order valence-electron chi connectivity index (χ3n) is 6.44. The van der Waals surface area contributed by atoms with Crippen LogP contribution < -0.4 is 10.2 Å². The van der Waals surface area contributed by atoms with Gasteiger partial charge in [-0.2, -0.15) is 4.31 Å². The van der Waals surface area contributed by atoms with Crippen molar-refractivity contribution >= 4 is 49.1 Å². The first-order valence-electron chi connectivity index (χ1n) is 11.1. The first-order valence-corrected chi connectivity index (χ1v) is 13.4. The van der Waals surface area contributed by atoms with E-state index in [1.54, 1.807) is 23.1 Å². The van der Waals surface area contributed by atoms with Crippen LogP contribution in [0.5, 0.6) is 0 Å². The molecule has 0 radical (unpaired) electrons. The summed E-state index contributed by atoms with van der Waals surface area (Å²) in [5.41, 5.74) is 3.46. The first kappa shape index (κ1) is 23.9. The van der Waals surface area contributed by atoms with Crippen molar-refractivity contribution in [2.24, 2.45) is 5.92 Å². The highest BCUT2D eigenvalue weighted by Crippen LogP contribution is 2.32. The van der Waals surface area contributed by atoms with E-state index in [4.69, 9.17) is 0 Å². The van der Waals surface area contributed by atoms with Gasteiger partial charge in [0.1, 0.15) is 0 Å². The number of hydrogen-bond donors (Lipinski definition) is 1. The van der Waals surface area contributed by atoms with Crippen molar-refractivity contribution in [3.63, 3.8) is 0 Å². The van der Waals surface area contributed by atoms with E-state index in [0.29, 0.717) is 32.5 Å². The number of benzene rings is 2. The fourth-order valence-corrected chi connectivity index (χ4v) is 6.30. The van der Waals surface area contributed by atoms with Gasteiger partial charge in [-0.3, -0.25) is 9.59 Å². The largest absolute Gasteiger partial charge is 0.326 e. The summed E-state index contributed by atoms with van der Waals surface area (Å²) >= 11 is 3.45. The molecule has 2 aliphatic rings. The van der Waals surface area contributed by atoms with Gasteiger partial charge in [0.2, 0.25) is 21.8 Å². The number of rotatable bonds is 4. The van der Waals surface area contributed by atoms with E-state index in [2.05, 4.69) is 21.2 Å². The zero-order valence-electron chi connectivity index (χ0n) is 18.8. The molecule has 1 fully saturated rings. The molecule has 2 heterocycles. The second-order valence-corrected chi connectivity index (χ2v) is 11.5. The molecule has 176 valence electrons. The molecule has 0 atom stereocenters. The quantitative estimate of drug-likeness (QED) is 0.640. The zero-order chi connectivity index (χ0) is 23.8. The number of carbonyl (C=O) groups is 2. The Hall–Kier alpha value is -2.23. The van der Waals surface area contributed by atoms with Gasteiger partial charge in [0, 0.05) is 48.3 Å². The summed E-state index contributed by atoms with van der Waals surface area (Å²) in [4.78, 5) is 26.6. The minimum Gasteiger partial charge on any atom is -0.326 e. The fourth-order valence-electron chi connectivity index (χ4n) is 4.54. The molecule has 2 aliphatic heterocycles. The topological polar surface area (TPSA) is 86.8 Å². The number of aryl methyl sites for hydroxylation is 2. The Morgan fingerprint density at radius 2 is 1.79 bits per heavy atom. The molecular weight excluding hydrogens is 506 g/mol. The van der Waals surface area contributed by atoms with Crippen molar-refractivity contribution in [3.8, 4) is 0 Å². The molecule has 0 unspecified atom stereocenters. The molecule has 0 aromatic heterocycles. The zero-order valence-corrected chi connectivity index (χ0v) is 21.2. The number of amides is 2. The molecule has 2 aromatic carbocycles. The molecule has 4 rings (SSSR count). The molecule has 9 heteroatoms. The Balaban J connectivity index is 1.42. The van der Waals surface area contributed by atoms with Crippen LogP contribution in [0.25, 0.3) is 0 Å². The predicted molar refractivity (Wildman–Crippen MR) is 132 cm³/mol. The summed E-state index contributed by atoms with van der Waals surface area (Å²) in [5, 5.41) is 2.95. The van der Waals surface area contributed by atoms with Gasteiger partial charge >= 0.3 is 0 Å². The number of sulfonamides is 1. The Morgan fingerprint density at radius 1 is 1.06 bits per heavy atom. The van der Waals surface area contributed by atoms with Crippen molar-refractivity contribution in [2.45, 2.75) is 44.4 Å². The van der Waals surface area contributed by atoms with Crippen LogP contribution in [-0.2, 0) is 26.0 Å². The average molecular weight is 534 g/mol. The van der Waals surface area contributed by atoms with Gasteiger partial charge in [-0.05, 0) is 80.1 Å². The van der Waals surface area contributed by atoms with Crippen LogP contribution in [0.15, 0.2) is 45.8 Å². The Bertz CT molecular complexity index is 1190. The van der Waals surface area contributed by atoms with E-state index >= 15 is 0 Å². The van der Waals surface area contributed by atoms with Gasteiger partial charge in [0.15, 0.2) is 0 Å². The summed E-state index contributed by atoms with van der Waals surface area (Å²) < 4.78 is 29.0. The lowest BCUT2D eigenvalue weighted by molar-refractivity contribution is -0.121. The Kier molecular flexibility index (Phi) is 6.93. The number of piperidine rings is 1. The molecule has 2 amide bonds. The molecule has 7 nitrogen and oxygen atoms in total. The van der Waals surface area contributed by atoms with Crippen LogP contribution in [0.1, 0.15) is 37.3 Å². The number of carbonyl (C=O) groups excluding carboxylic acids is 2. The van der Waals surface area contributed by atoms with Crippen LogP contribution >= 0.6 is 15.9 Å². The van der Waals surface area contributed by atoms with Crippen LogP contribution in [0.3, 0.4) is 0 Å². The maximum atomic E-state index is 13.3. The second kappa shape index (κ2) is 9.56. The number of nitrogens with zero attached hydrogens (tertiary/aromatic N) is 2. The monoisotopic (exact) mass is 533 g/mol. The van der Waals surface area contributed by atoms with Crippen molar-refractivity contribution in [1.29, 1.82) is 0 Å². The number of anilines is 2. The van der Waals surface area contributed by atoms with Crippen molar-refractivity contribution < 1.29 is 18.0 Å². The maximum absolute atomic E-state index is 13.3.